The van der Waals surface area contributed by atoms with Gasteiger partial charge in [-0.2, -0.15) is 0 Å². The van der Waals surface area contributed by atoms with Crippen molar-refractivity contribution in [2.75, 3.05) is 17.2 Å². The normalized spacial score (nSPS) is 12.9. The largest absolute Gasteiger partial charge is 0.478 e. The third kappa shape index (κ3) is 7.20. The van der Waals surface area contributed by atoms with Gasteiger partial charge in [0.2, 0.25) is 0 Å². The topological polar surface area (TPSA) is 124 Å². The molecule has 3 aromatic rings. The molecule has 196 valence electrons. The first kappa shape index (κ1) is 28.4. The lowest BCUT2D eigenvalue weighted by atomic mass is 10.1. The number of carboxylic acids is 1. The Morgan fingerprint density at radius 1 is 1.14 bits per heavy atom. The summed E-state index contributed by atoms with van der Waals surface area (Å²) in [6.45, 7) is 5.99. The zero-order valence-electron chi connectivity index (χ0n) is 20.2. The Labute approximate surface area is 229 Å². The molecule has 4 rings (SSSR count). The van der Waals surface area contributed by atoms with Crippen LogP contribution in [0.5, 0.6) is 0 Å². The van der Waals surface area contributed by atoms with Crippen molar-refractivity contribution in [3.8, 4) is 0 Å². The molecule has 2 aromatic carbocycles. The van der Waals surface area contributed by atoms with Crippen molar-refractivity contribution >= 4 is 64.6 Å². The number of hydrogen-bond donors (Lipinski definition) is 4. The Morgan fingerprint density at radius 2 is 1.86 bits per heavy atom. The average Bonchev–Trinajstić information content (AvgIpc) is 3.28. The van der Waals surface area contributed by atoms with E-state index in [1.54, 1.807) is 30.3 Å². The molecular formula is C25H27Cl2N5O4S. The van der Waals surface area contributed by atoms with Crippen molar-refractivity contribution in [3.05, 3.63) is 74.2 Å². The number of aromatic carboxylic acids is 1. The highest BCUT2D eigenvalue weighted by atomic mass is 35.5. The number of fused-ring (bicyclic) bond motifs is 1. The van der Waals surface area contributed by atoms with E-state index in [-0.39, 0.29) is 24.5 Å². The maximum atomic E-state index is 13.1. The fourth-order valence-electron chi connectivity index (χ4n) is 3.79. The van der Waals surface area contributed by atoms with Gasteiger partial charge in [-0.3, -0.25) is 9.69 Å². The zero-order valence-corrected chi connectivity index (χ0v) is 22.6. The minimum Gasteiger partial charge on any atom is -0.478 e. The van der Waals surface area contributed by atoms with Crippen LogP contribution in [0.15, 0.2) is 42.5 Å². The predicted octanol–water partition coefficient (Wildman–Crippen LogP) is 5.26. The van der Waals surface area contributed by atoms with Crippen LogP contribution in [0.4, 0.5) is 16.2 Å². The van der Waals surface area contributed by atoms with Gasteiger partial charge in [0, 0.05) is 53.4 Å². The number of nitrogens with zero attached hydrogens (tertiary/aromatic N) is 2. The van der Waals surface area contributed by atoms with Crippen LogP contribution in [-0.2, 0) is 19.5 Å². The molecule has 0 atom stereocenters. The lowest BCUT2D eigenvalue weighted by Gasteiger charge is -2.29. The second-order valence-corrected chi connectivity index (χ2v) is 10.2. The molecule has 1 aliphatic rings. The molecule has 0 unspecified atom stereocenters. The number of amides is 3. The van der Waals surface area contributed by atoms with Crippen LogP contribution < -0.4 is 16.0 Å². The number of urea groups is 1. The Kier molecular flexibility index (Phi) is 9.50. The van der Waals surface area contributed by atoms with Crippen LogP contribution >= 0.6 is 35.3 Å². The molecule has 4 N–H and O–H groups in total. The van der Waals surface area contributed by atoms with E-state index in [1.807, 2.05) is 0 Å². The third-order valence-electron chi connectivity index (χ3n) is 5.83. The number of anilines is 2. The van der Waals surface area contributed by atoms with Crippen molar-refractivity contribution in [1.29, 1.82) is 0 Å². The van der Waals surface area contributed by atoms with Gasteiger partial charge >= 0.3 is 12.0 Å². The van der Waals surface area contributed by atoms with Crippen LogP contribution in [0.1, 0.15) is 50.1 Å². The standard InChI is InChI=1S/C25H26ClN5O4S.ClH/c1-14(2)31-10-9-19-21(13-31)36-23(30-19)22(32)29-20-11-15(24(33)34)3-4-16(20)12-27-25(35)28-18-7-5-17(26)6-8-18;/h3-8,11,14H,9-10,12-13H2,1-2H3,(H,29,32)(H,33,34)(H2,27,28,35);1H. The summed E-state index contributed by atoms with van der Waals surface area (Å²) in [4.78, 5) is 44.8. The number of nitrogens with one attached hydrogen (secondary N) is 3. The van der Waals surface area contributed by atoms with Crippen molar-refractivity contribution in [2.45, 2.75) is 39.4 Å². The molecule has 3 amide bonds. The van der Waals surface area contributed by atoms with Crippen molar-refractivity contribution in [2.24, 2.45) is 0 Å². The minimum atomic E-state index is -1.12. The van der Waals surface area contributed by atoms with Gasteiger partial charge < -0.3 is 21.1 Å². The summed E-state index contributed by atoms with van der Waals surface area (Å²) in [5.41, 5.74) is 2.36. The van der Waals surface area contributed by atoms with E-state index in [9.17, 15) is 19.5 Å². The highest BCUT2D eigenvalue weighted by molar-refractivity contribution is 7.13. The molecule has 0 saturated carbocycles. The molecule has 1 aliphatic heterocycles. The van der Waals surface area contributed by atoms with Crippen LogP contribution in [0.25, 0.3) is 0 Å². The number of halogens is 2. The quantitative estimate of drug-likeness (QED) is 0.311. The number of rotatable bonds is 7. The number of carbonyl (C=O) groups is 3. The summed E-state index contributed by atoms with van der Waals surface area (Å²) < 4.78 is 0. The molecular weight excluding hydrogens is 537 g/mol. The van der Waals surface area contributed by atoms with Crippen molar-refractivity contribution in [1.82, 2.24) is 15.2 Å². The molecule has 0 saturated heterocycles. The van der Waals surface area contributed by atoms with Gasteiger partial charge in [-0.05, 0) is 55.8 Å². The molecule has 0 fully saturated rings. The smallest absolute Gasteiger partial charge is 0.335 e. The van der Waals surface area contributed by atoms with Gasteiger partial charge in [-0.15, -0.1) is 23.7 Å². The lowest BCUT2D eigenvalue weighted by Crippen LogP contribution is -2.35. The van der Waals surface area contributed by atoms with Crippen LogP contribution in [0, 0.1) is 0 Å². The van der Waals surface area contributed by atoms with Gasteiger partial charge in [-0.1, -0.05) is 17.7 Å². The van der Waals surface area contributed by atoms with Crippen LogP contribution in [0.3, 0.4) is 0 Å². The predicted molar refractivity (Wildman–Crippen MR) is 147 cm³/mol. The van der Waals surface area contributed by atoms with E-state index in [0.717, 1.165) is 30.1 Å². The second kappa shape index (κ2) is 12.4. The van der Waals surface area contributed by atoms with Gasteiger partial charge in [0.15, 0.2) is 5.01 Å². The van der Waals surface area contributed by atoms with Crippen molar-refractivity contribution < 1.29 is 19.5 Å². The average molecular weight is 564 g/mol. The molecule has 37 heavy (non-hydrogen) atoms. The molecule has 0 radical (unpaired) electrons. The first-order valence-corrected chi connectivity index (χ1v) is 12.6. The lowest BCUT2D eigenvalue weighted by molar-refractivity contribution is 0.0696. The summed E-state index contributed by atoms with van der Waals surface area (Å²) in [6, 6.07) is 11.0. The maximum absolute atomic E-state index is 13.1. The van der Waals surface area contributed by atoms with Gasteiger partial charge in [0.25, 0.3) is 5.91 Å². The van der Waals surface area contributed by atoms with Gasteiger partial charge in [0.1, 0.15) is 0 Å². The summed E-state index contributed by atoms with van der Waals surface area (Å²) in [5, 5.41) is 18.5. The fourth-order valence-corrected chi connectivity index (χ4v) is 4.95. The van der Waals surface area contributed by atoms with E-state index in [2.05, 4.69) is 39.7 Å². The summed E-state index contributed by atoms with van der Waals surface area (Å²) >= 11 is 7.22. The molecule has 1 aromatic heterocycles. The van der Waals surface area contributed by atoms with Gasteiger partial charge in [-0.25, -0.2) is 14.6 Å². The SMILES string of the molecule is CC(C)N1CCc2nc(C(=O)Nc3cc(C(=O)O)ccc3CNC(=O)Nc3ccc(Cl)cc3)sc2C1.Cl. The maximum Gasteiger partial charge on any atom is 0.335 e. The summed E-state index contributed by atoms with van der Waals surface area (Å²) in [6.07, 6.45) is 0.781. The first-order chi connectivity index (χ1) is 17.2. The number of thiazole rings is 1. The van der Waals surface area contributed by atoms with E-state index in [1.165, 1.54) is 23.5 Å². The Balaban J connectivity index is 0.00000380. The Morgan fingerprint density at radius 3 is 2.54 bits per heavy atom. The van der Waals surface area contributed by atoms with Crippen LogP contribution in [0.2, 0.25) is 5.02 Å². The van der Waals surface area contributed by atoms with Gasteiger partial charge in [0.05, 0.1) is 11.3 Å². The first-order valence-electron chi connectivity index (χ1n) is 11.4. The number of hydrogen-bond acceptors (Lipinski definition) is 6. The summed E-state index contributed by atoms with van der Waals surface area (Å²) in [7, 11) is 0. The number of carbonyl (C=O) groups excluding carboxylic acids is 2. The third-order valence-corrected chi connectivity index (χ3v) is 7.16. The van der Waals surface area contributed by atoms with Crippen LogP contribution in [-0.4, -0.2) is 45.5 Å². The van der Waals surface area contributed by atoms with Crippen molar-refractivity contribution in [3.63, 3.8) is 0 Å². The second-order valence-electron chi connectivity index (χ2n) is 8.65. The Hall–Kier alpha value is -3.18. The fraction of sp³-hybridized carbons (Fsp3) is 0.280. The number of carboxylic acid groups (broad SMARTS) is 1. The zero-order chi connectivity index (χ0) is 25.8. The number of benzene rings is 2. The van der Waals surface area contributed by atoms with E-state index in [0.29, 0.717) is 33.0 Å². The monoisotopic (exact) mass is 563 g/mol. The van der Waals surface area contributed by atoms with E-state index < -0.39 is 17.9 Å². The van der Waals surface area contributed by atoms with E-state index in [4.69, 9.17) is 11.6 Å². The Bertz CT molecular complexity index is 1300. The molecule has 0 spiro atoms. The molecule has 12 heteroatoms. The van der Waals surface area contributed by atoms with E-state index >= 15 is 0 Å². The molecule has 0 aliphatic carbocycles. The minimum absolute atomic E-state index is 0. The summed E-state index contributed by atoms with van der Waals surface area (Å²) in [5.74, 6) is -1.54. The molecule has 2 heterocycles. The highest BCUT2D eigenvalue weighted by Gasteiger charge is 2.25. The molecule has 9 nitrogen and oxygen atoms in total. The number of aromatic nitrogens is 1. The molecule has 0 bridgehead atoms. The highest BCUT2D eigenvalue weighted by Crippen LogP contribution is 2.27.